The van der Waals surface area contributed by atoms with Gasteiger partial charge in [0.05, 0.1) is 6.61 Å². The van der Waals surface area contributed by atoms with Crippen molar-refractivity contribution in [2.24, 2.45) is 0 Å². The van der Waals surface area contributed by atoms with Crippen molar-refractivity contribution in [1.29, 1.82) is 0 Å². The lowest BCUT2D eigenvalue weighted by Crippen LogP contribution is -2.11. The molecule has 4 rings (SSSR count). The van der Waals surface area contributed by atoms with Crippen LogP contribution in [0.3, 0.4) is 0 Å². The van der Waals surface area contributed by atoms with Gasteiger partial charge in [-0.05, 0) is 47.4 Å². The highest BCUT2D eigenvalue weighted by atomic mass is 16.5. The molecule has 0 radical (unpaired) electrons. The Kier molecular flexibility index (Phi) is 13.3. The molecule has 0 N–H and O–H groups in total. The van der Waals surface area contributed by atoms with Crippen molar-refractivity contribution in [3.05, 3.63) is 83.9 Å². The van der Waals surface area contributed by atoms with Crippen LogP contribution in [0.2, 0.25) is 0 Å². The van der Waals surface area contributed by atoms with Gasteiger partial charge in [0.1, 0.15) is 17.4 Å². The van der Waals surface area contributed by atoms with Gasteiger partial charge in [0.25, 0.3) is 0 Å². The molecule has 41 heavy (non-hydrogen) atoms. The van der Waals surface area contributed by atoms with E-state index in [0.29, 0.717) is 5.75 Å². The van der Waals surface area contributed by atoms with Crippen LogP contribution >= 0.6 is 0 Å². The molecule has 0 saturated heterocycles. The van der Waals surface area contributed by atoms with Crippen LogP contribution in [0.4, 0.5) is 0 Å². The van der Waals surface area contributed by atoms with Gasteiger partial charge < -0.3 is 9.47 Å². The summed E-state index contributed by atoms with van der Waals surface area (Å²) >= 11 is 0. The number of hydrogen-bond donors (Lipinski definition) is 0. The maximum Gasteiger partial charge on any atom is 0.323 e. The Balaban J connectivity index is 1.07. The predicted octanol–water partition coefficient (Wildman–Crippen LogP) is 11.0. The molecule has 0 aliphatic carbocycles. The number of esters is 1. The van der Waals surface area contributed by atoms with Gasteiger partial charge >= 0.3 is 5.97 Å². The van der Waals surface area contributed by atoms with Crippen LogP contribution < -0.4 is 9.47 Å². The van der Waals surface area contributed by atoms with Gasteiger partial charge in [0.15, 0.2) is 0 Å². The van der Waals surface area contributed by atoms with Gasteiger partial charge in [-0.15, -0.1) is 0 Å². The second kappa shape index (κ2) is 17.7. The lowest BCUT2D eigenvalue weighted by Gasteiger charge is -2.11. The first-order valence-corrected chi connectivity index (χ1v) is 16.4. The molecule has 0 fully saturated rings. The molecular formula is C38H50O3. The van der Waals surface area contributed by atoms with E-state index in [1.54, 1.807) is 0 Å². The third-order valence-corrected chi connectivity index (χ3v) is 8.35. The molecular weight excluding hydrogens is 504 g/mol. The molecule has 3 aromatic carbocycles. The summed E-state index contributed by atoms with van der Waals surface area (Å²) in [6.07, 6.45) is 21.9. The molecule has 0 aromatic heterocycles. The van der Waals surface area contributed by atoms with Gasteiger partial charge in [-0.2, -0.15) is 0 Å². The van der Waals surface area contributed by atoms with Crippen molar-refractivity contribution in [2.75, 3.05) is 6.61 Å². The third-order valence-electron chi connectivity index (χ3n) is 8.35. The summed E-state index contributed by atoms with van der Waals surface area (Å²) in [5.74, 6) is 0.901. The van der Waals surface area contributed by atoms with Crippen molar-refractivity contribution in [2.45, 2.75) is 116 Å². The molecule has 3 heteroatoms. The van der Waals surface area contributed by atoms with E-state index in [9.17, 15) is 4.79 Å². The summed E-state index contributed by atoms with van der Waals surface area (Å²) in [7, 11) is 0. The second-order valence-corrected chi connectivity index (χ2v) is 11.7. The number of unbranched alkanes of at least 4 members (excludes halogenated alkanes) is 15. The Morgan fingerprint density at radius 1 is 0.610 bits per heavy atom. The number of carbonyl (C=O) groups excluding carboxylic acids is 1. The Hall–Kier alpha value is -3.07. The molecule has 0 bridgehead atoms. The molecule has 3 aromatic rings. The highest BCUT2D eigenvalue weighted by Crippen LogP contribution is 2.41. The lowest BCUT2D eigenvalue weighted by molar-refractivity contribution is -0.133. The Labute approximate surface area is 248 Å². The number of carbonyl (C=O) groups is 1. The molecule has 1 aliphatic rings. The number of benzene rings is 3. The minimum Gasteiger partial charge on any atom is -0.494 e. The first kappa shape index (κ1) is 30.9. The maximum absolute atomic E-state index is 12.8. The molecule has 1 atom stereocenters. The first-order chi connectivity index (χ1) is 20.3. The van der Waals surface area contributed by atoms with E-state index < -0.39 is 5.92 Å². The van der Waals surface area contributed by atoms with E-state index in [1.807, 2.05) is 54.6 Å². The van der Waals surface area contributed by atoms with Crippen molar-refractivity contribution >= 4 is 5.97 Å². The zero-order valence-electron chi connectivity index (χ0n) is 25.3. The van der Waals surface area contributed by atoms with Gasteiger partial charge in [0.2, 0.25) is 0 Å². The van der Waals surface area contributed by atoms with Crippen molar-refractivity contribution in [3.8, 4) is 22.6 Å². The summed E-state index contributed by atoms with van der Waals surface area (Å²) in [4.78, 5) is 12.8. The highest BCUT2D eigenvalue weighted by molar-refractivity contribution is 5.90. The zero-order valence-corrected chi connectivity index (χ0v) is 25.3. The fraction of sp³-hybridized carbons (Fsp3) is 0.500. The molecule has 220 valence electrons. The predicted molar refractivity (Wildman–Crippen MR) is 171 cm³/mol. The first-order valence-electron chi connectivity index (χ1n) is 16.4. The quantitative estimate of drug-likeness (QED) is 0.0791. The Morgan fingerprint density at radius 3 is 1.76 bits per heavy atom. The molecule has 0 saturated carbocycles. The smallest absolute Gasteiger partial charge is 0.323 e. The molecule has 0 amide bonds. The fourth-order valence-corrected chi connectivity index (χ4v) is 5.88. The number of hydrogen-bond acceptors (Lipinski definition) is 3. The van der Waals surface area contributed by atoms with Gasteiger partial charge in [-0.3, -0.25) is 4.79 Å². The van der Waals surface area contributed by atoms with E-state index in [4.69, 9.17) is 9.47 Å². The van der Waals surface area contributed by atoms with Crippen LogP contribution in [-0.2, 0) is 4.79 Å². The van der Waals surface area contributed by atoms with Crippen molar-refractivity contribution < 1.29 is 14.3 Å². The van der Waals surface area contributed by atoms with Crippen LogP contribution in [-0.4, -0.2) is 12.6 Å². The summed E-state index contributed by atoms with van der Waals surface area (Å²) in [6, 6.07) is 24.2. The molecule has 1 aliphatic heterocycles. The largest absolute Gasteiger partial charge is 0.494 e. The standard InChI is InChI=1S/C38H50O3/c1-2-3-4-5-6-7-8-9-10-11-12-13-14-15-16-20-29-40-34-26-23-32(24-27-34)37-35-30-33(31-21-18-17-19-22-31)25-28-36(35)41-38(37)39/h17-19,21-28,30,37H,2-16,20,29H2,1H3. The topological polar surface area (TPSA) is 35.5 Å². The average molecular weight is 555 g/mol. The van der Waals surface area contributed by atoms with Crippen molar-refractivity contribution in [3.63, 3.8) is 0 Å². The van der Waals surface area contributed by atoms with Gasteiger partial charge in [-0.25, -0.2) is 0 Å². The minimum absolute atomic E-state index is 0.216. The zero-order chi connectivity index (χ0) is 28.5. The highest BCUT2D eigenvalue weighted by Gasteiger charge is 2.34. The lowest BCUT2D eigenvalue weighted by atomic mass is 9.90. The summed E-state index contributed by atoms with van der Waals surface area (Å²) in [5.41, 5.74) is 4.09. The summed E-state index contributed by atoms with van der Waals surface area (Å²) in [5, 5.41) is 0. The summed E-state index contributed by atoms with van der Waals surface area (Å²) in [6.45, 7) is 3.03. The number of ether oxygens (including phenoxy) is 2. The van der Waals surface area contributed by atoms with Crippen LogP contribution in [0.5, 0.6) is 11.5 Å². The van der Waals surface area contributed by atoms with E-state index >= 15 is 0 Å². The minimum atomic E-state index is -0.400. The van der Waals surface area contributed by atoms with Crippen LogP contribution in [0, 0.1) is 0 Å². The maximum atomic E-state index is 12.8. The average Bonchev–Trinajstić information content (AvgIpc) is 3.34. The molecule has 3 nitrogen and oxygen atoms in total. The van der Waals surface area contributed by atoms with Crippen LogP contribution in [0.25, 0.3) is 11.1 Å². The van der Waals surface area contributed by atoms with Gasteiger partial charge in [-0.1, -0.05) is 152 Å². The normalized spacial score (nSPS) is 14.2. The third kappa shape index (κ3) is 10.1. The SMILES string of the molecule is CCCCCCCCCCCCCCCCCCOc1ccc(C2C(=O)Oc3ccc(-c4ccccc4)cc32)cc1. The number of fused-ring (bicyclic) bond motifs is 1. The van der Waals surface area contributed by atoms with E-state index in [1.165, 1.54) is 96.3 Å². The monoisotopic (exact) mass is 554 g/mol. The van der Waals surface area contributed by atoms with E-state index in [-0.39, 0.29) is 5.97 Å². The van der Waals surface area contributed by atoms with Crippen molar-refractivity contribution in [1.82, 2.24) is 0 Å². The molecule has 1 unspecified atom stereocenters. The Morgan fingerprint density at radius 2 is 1.17 bits per heavy atom. The van der Waals surface area contributed by atoms with Crippen LogP contribution in [0.15, 0.2) is 72.8 Å². The summed E-state index contributed by atoms with van der Waals surface area (Å²) < 4.78 is 11.6. The van der Waals surface area contributed by atoms with Gasteiger partial charge in [0, 0.05) is 5.56 Å². The number of rotatable bonds is 20. The molecule has 1 heterocycles. The second-order valence-electron chi connectivity index (χ2n) is 11.7. The van der Waals surface area contributed by atoms with Crippen LogP contribution in [0.1, 0.15) is 127 Å². The fourth-order valence-electron chi connectivity index (χ4n) is 5.88. The Bertz CT molecular complexity index is 1150. The molecule has 0 spiro atoms. The van der Waals surface area contributed by atoms with E-state index in [0.717, 1.165) is 41.0 Å². The van der Waals surface area contributed by atoms with E-state index in [2.05, 4.69) is 25.1 Å².